The van der Waals surface area contributed by atoms with Gasteiger partial charge in [0.05, 0.1) is 34.5 Å². The summed E-state index contributed by atoms with van der Waals surface area (Å²) in [7, 11) is 0. The number of carbonyl (C=O) groups excluding carboxylic acids is 1. The quantitative estimate of drug-likeness (QED) is 0.649. The fraction of sp³-hybridized carbons (Fsp3) is 0.167. The molecule has 0 saturated heterocycles. The van der Waals surface area contributed by atoms with Gasteiger partial charge in [-0.1, -0.05) is 11.6 Å². The maximum Gasteiger partial charge on any atom is 0.274 e. The van der Waals surface area contributed by atoms with Crippen molar-refractivity contribution in [3.63, 3.8) is 0 Å². The summed E-state index contributed by atoms with van der Waals surface area (Å²) in [5, 5.41) is 12.9. The number of hydrogen-bond acceptors (Lipinski definition) is 4. The topological polar surface area (TPSA) is 74.5 Å². The first-order chi connectivity index (χ1) is 11.9. The lowest BCUT2D eigenvalue weighted by molar-refractivity contribution is 0.0951. The molecule has 0 heterocycles. The Bertz CT molecular complexity index is 860. The van der Waals surface area contributed by atoms with Crippen molar-refractivity contribution < 1.29 is 13.9 Å². The largest absolute Gasteiger partial charge is 0.489 e. The molecule has 0 radical (unpaired) electrons. The van der Waals surface area contributed by atoms with Gasteiger partial charge in [0.1, 0.15) is 11.6 Å². The van der Waals surface area contributed by atoms with E-state index >= 15 is 0 Å². The minimum Gasteiger partial charge on any atom is -0.489 e. The van der Waals surface area contributed by atoms with Gasteiger partial charge < -0.3 is 4.74 Å². The number of carbonyl (C=O) groups is 1. The van der Waals surface area contributed by atoms with E-state index in [1.807, 2.05) is 13.8 Å². The molecule has 5 nitrogen and oxygen atoms in total. The molecule has 1 N–H and O–H groups in total. The third-order valence-electron chi connectivity index (χ3n) is 3.04. The third-order valence-corrected chi connectivity index (χ3v) is 3.34. The fourth-order valence-corrected chi connectivity index (χ4v) is 2.17. The molecule has 0 aromatic heterocycles. The van der Waals surface area contributed by atoms with Gasteiger partial charge in [-0.15, -0.1) is 0 Å². The average molecular weight is 360 g/mol. The van der Waals surface area contributed by atoms with Gasteiger partial charge in [0.15, 0.2) is 0 Å². The second-order valence-corrected chi connectivity index (χ2v) is 5.77. The molecule has 128 valence electrons. The molecule has 2 aromatic rings. The van der Waals surface area contributed by atoms with Gasteiger partial charge >= 0.3 is 0 Å². The second-order valence-electron chi connectivity index (χ2n) is 5.36. The summed E-state index contributed by atoms with van der Waals surface area (Å²) in [6.45, 7) is 3.78. The number of hydrazone groups is 1. The predicted molar refractivity (Wildman–Crippen MR) is 93.4 cm³/mol. The van der Waals surface area contributed by atoms with Gasteiger partial charge in [0, 0.05) is 0 Å². The van der Waals surface area contributed by atoms with Crippen LogP contribution in [0.4, 0.5) is 4.39 Å². The van der Waals surface area contributed by atoms with Crippen molar-refractivity contribution in [2.45, 2.75) is 20.0 Å². The molecule has 0 bridgehead atoms. The summed E-state index contributed by atoms with van der Waals surface area (Å²) < 4.78 is 19.3. The van der Waals surface area contributed by atoms with Crippen LogP contribution in [-0.4, -0.2) is 18.2 Å². The van der Waals surface area contributed by atoms with Crippen molar-refractivity contribution in [3.05, 3.63) is 63.9 Å². The van der Waals surface area contributed by atoms with Crippen LogP contribution < -0.4 is 10.2 Å². The number of ether oxygens (including phenoxy) is 1. The Balaban J connectivity index is 2.04. The van der Waals surface area contributed by atoms with Crippen LogP contribution in [0, 0.1) is 17.1 Å². The summed E-state index contributed by atoms with van der Waals surface area (Å²) >= 11 is 6.11. The predicted octanol–water partition coefficient (Wildman–Crippen LogP) is 3.90. The number of hydrogen-bond donors (Lipinski definition) is 1. The van der Waals surface area contributed by atoms with E-state index in [4.69, 9.17) is 21.6 Å². The highest BCUT2D eigenvalue weighted by atomic mass is 35.5. The molecule has 2 rings (SSSR count). The van der Waals surface area contributed by atoms with Gasteiger partial charge in [-0.25, -0.2) is 9.82 Å². The SMILES string of the molecule is CC(C)Oc1ccc(/C=N\NC(=O)c2ccc(C#N)cc2F)cc1Cl. The maximum atomic E-state index is 13.7. The van der Waals surface area contributed by atoms with Crippen LogP contribution in [0.3, 0.4) is 0 Å². The van der Waals surface area contributed by atoms with Crippen molar-refractivity contribution in [3.8, 4) is 11.8 Å². The smallest absolute Gasteiger partial charge is 0.274 e. The number of nitriles is 1. The molecule has 0 fully saturated rings. The number of amides is 1. The maximum absolute atomic E-state index is 13.7. The normalized spacial score (nSPS) is 10.7. The molecule has 0 aliphatic carbocycles. The lowest BCUT2D eigenvalue weighted by Gasteiger charge is -2.11. The first-order valence-electron chi connectivity index (χ1n) is 7.40. The molecule has 7 heteroatoms. The van der Waals surface area contributed by atoms with E-state index in [-0.39, 0.29) is 17.2 Å². The molecule has 25 heavy (non-hydrogen) atoms. The Morgan fingerprint density at radius 1 is 1.36 bits per heavy atom. The van der Waals surface area contributed by atoms with Crippen LogP contribution in [0.5, 0.6) is 5.75 Å². The van der Waals surface area contributed by atoms with Crippen LogP contribution in [0.2, 0.25) is 5.02 Å². The van der Waals surface area contributed by atoms with E-state index in [0.29, 0.717) is 16.3 Å². The van der Waals surface area contributed by atoms with E-state index in [1.54, 1.807) is 24.3 Å². The Labute approximate surface area is 149 Å². The van der Waals surface area contributed by atoms with Crippen molar-refractivity contribution >= 4 is 23.7 Å². The molecule has 0 spiro atoms. The lowest BCUT2D eigenvalue weighted by Crippen LogP contribution is -2.19. The summed E-state index contributed by atoms with van der Waals surface area (Å²) in [5.41, 5.74) is 2.80. The van der Waals surface area contributed by atoms with Gasteiger partial charge in [-0.05, 0) is 55.8 Å². The number of nitrogens with zero attached hydrogens (tertiary/aromatic N) is 2. The fourth-order valence-electron chi connectivity index (χ4n) is 1.94. The summed E-state index contributed by atoms with van der Waals surface area (Å²) in [6, 6.07) is 10.4. The van der Waals surface area contributed by atoms with Crippen LogP contribution >= 0.6 is 11.6 Å². The number of halogens is 2. The standard InChI is InChI=1S/C18H15ClFN3O2/c1-11(2)25-17-6-4-13(7-15(17)19)10-22-23-18(24)14-5-3-12(9-21)8-16(14)20/h3-8,10-11H,1-2H3,(H,23,24)/b22-10-. The van der Waals surface area contributed by atoms with Gasteiger partial charge in [0.25, 0.3) is 5.91 Å². The first-order valence-corrected chi connectivity index (χ1v) is 7.77. The Hall–Kier alpha value is -2.91. The highest BCUT2D eigenvalue weighted by molar-refractivity contribution is 6.32. The minimum absolute atomic E-state index is 0.00127. The van der Waals surface area contributed by atoms with Crippen molar-refractivity contribution in [2.75, 3.05) is 0 Å². The summed E-state index contributed by atoms with van der Waals surface area (Å²) in [5.74, 6) is -0.952. The van der Waals surface area contributed by atoms with Gasteiger partial charge in [-0.3, -0.25) is 4.79 Å². The molecule has 1 amide bonds. The number of rotatable bonds is 5. The Morgan fingerprint density at radius 3 is 2.72 bits per heavy atom. The Morgan fingerprint density at radius 2 is 2.12 bits per heavy atom. The lowest BCUT2D eigenvalue weighted by atomic mass is 10.1. The second kappa shape index (κ2) is 8.27. The summed E-state index contributed by atoms with van der Waals surface area (Å²) in [6.07, 6.45) is 1.38. The molecule has 0 unspecified atom stereocenters. The molecule has 0 saturated carbocycles. The molecule has 0 aliphatic rings. The van der Waals surface area contributed by atoms with Crippen LogP contribution in [-0.2, 0) is 0 Å². The van der Waals surface area contributed by atoms with Gasteiger partial charge in [-0.2, -0.15) is 10.4 Å². The first kappa shape index (κ1) is 18.4. The zero-order chi connectivity index (χ0) is 18.4. The van der Waals surface area contributed by atoms with Crippen molar-refractivity contribution in [1.82, 2.24) is 5.43 Å². The Kier molecular flexibility index (Phi) is 6.09. The molecular weight excluding hydrogens is 345 g/mol. The van der Waals surface area contributed by atoms with E-state index in [0.717, 1.165) is 6.07 Å². The van der Waals surface area contributed by atoms with Crippen molar-refractivity contribution in [1.29, 1.82) is 5.26 Å². The molecular formula is C18H15ClFN3O2. The monoisotopic (exact) mass is 359 g/mol. The molecule has 2 aromatic carbocycles. The number of benzene rings is 2. The zero-order valence-corrected chi connectivity index (χ0v) is 14.3. The van der Waals surface area contributed by atoms with E-state index in [9.17, 15) is 9.18 Å². The highest BCUT2D eigenvalue weighted by Crippen LogP contribution is 2.25. The minimum atomic E-state index is -0.787. The van der Waals surface area contributed by atoms with Crippen LogP contribution in [0.15, 0.2) is 41.5 Å². The van der Waals surface area contributed by atoms with E-state index in [1.165, 1.54) is 18.3 Å². The van der Waals surface area contributed by atoms with Crippen LogP contribution in [0.25, 0.3) is 0 Å². The average Bonchev–Trinajstić information content (AvgIpc) is 2.56. The molecule has 0 aliphatic heterocycles. The van der Waals surface area contributed by atoms with Crippen LogP contribution in [0.1, 0.15) is 35.3 Å². The van der Waals surface area contributed by atoms with Gasteiger partial charge in [0.2, 0.25) is 0 Å². The van der Waals surface area contributed by atoms with E-state index < -0.39 is 11.7 Å². The number of nitrogens with one attached hydrogen (secondary N) is 1. The zero-order valence-electron chi connectivity index (χ0n) is 13.6. The highest BCUT2D eigenvalue weighted by Gasteiger charge is 2.11. The van der Waals surface area contributed by atoms with Crippen molar-refractivity contribution in [2.24, 2.45) is 5.10 Å². The molecule has 0 atom stereocenters. The van der Waals surface area contributed by atoms with E-state index in [2.05, 4.69) is 10.5 Å². The third kappa shape index (κ3) is 5.03. The summed E-state index contributed by atoms with van der Waals surface area (Å²) in [4.78, 5) is 11.9.